The first-order valence-corrected chi connectivity index (χ1v) is 15.2. The molecule has 1 aliphatic rings. The number of halogens is 2. The lowest BCUT2D eigenvalue weighted by atomic mass is 9.98. The molecule has 0 unspecified atom stereocenters. The molecule has 44 heavy (non-hydrogen) atoms. The minimum absolute atomic E-state index is 0.200. The van der Waals surface area contributed by atoms with Crippen molar-refractivity contribution in [1.29, 1.82) is 0 Å². The van der Waals surface area contributed by atoms with Crippen LogP contribution in [0, 0.1) is 0 Å². The van der Waals surface area contributed by atoms with E-state index in [1.165, 1.54) is 22.8 Å². The number of ketones is 1. The molecule has 1 atom stereocenters. The van der Waals surface area contributed by atoms with Gasteiger partial charge in [-0.05, 0) is 73.5 Å². The van der Waals surface area contributed by atoms with Crippen molar-refractivity contribution in [2.24, 2.45) is 4.99 Å². The fraction of sp³-hybridized carbons (Fsp3) is 0.147. The van der Waals surface area contributed by atoms with Crippen molar-refractivity contribution >= 4 is 46.4 Å². The zero-order valence-corrected chi connectivity index (χ0v) is 26.3. The number of fused-ring (bicyclic) bond motifs is 1. The van der Waals surface area contributed by atoms with Crippen molar-refractivity contribution in [3.05, 3.63) is 137 Å². The van der Waals surface area contributed by atoms with Crippen LogP contribution in [0.5, 0.6) is 11.5 Å². The van der Waals surface area contributed by atoms with Crippen molar-refractivity contribution < 1.29 is 18.7 Å². The van der Waals surface area contributed by atoms with Gasteiger partial charge in [0.25, 0.3) is 5.56 Å². The number of aromatic nitrogens is 1. The molecule has 3 aromatic carbocycles. The number of ether oxygens (including phenoxy) is 2. The van der Waals surface area contributed by atoms with Crippen LogP contribution in [0.1, 0.15) is 36.8 Å². The van der Waals surface area contributed by atoms with Crippen LogP contribution in [-0.4, -0.2) is 17.5 Å². The maximum absolute atomic E-state index is 13.9. The number of Topliss-reactive ketones (excluding diaryl/α,β-unsaturated/α-hetero) is 1. The van der Waals surface area contributed by atoms with Crippen LogP contribution >= 0.6 is 34.5 Å². The molecule has 0 aliphatic carbocycles. The third kappa shape index (κ3) is 5.76. The van der Waals surface area contributed by atoms with Crippen LogP contribution < -0.4 is 24.4 Å². The third-order valence-electron chi connectivity index (χ3n) is 7.22. The van der Waals surface area contributed by atoms with Gasteiger partial charge in [0.05, 0.1) is 21.7 Å². The standard InChI is InChI=1S/C34H26Cl2N2O5S/c1-19-31(20(2)39)32(28-14-13-26(43-28)23-10-11-24(35)25(36)17-23)38-33(40)30(44-34(38)37-19)16-22-9-12-27(29(15-22)41-3)42-18-21-7-5-4-6-8-21/h4-17,32H,18H2,1-3H3/b30-16+/t32-/m1/s1. The Bertz CT molecular complexity index is 2110. The summed E-state index contributed by atoms with van der Waals surface area (Å²) in [7, 11) is 1.57. The van der Waals surface area contributed by atoms with Crippen molar-refractivity contribution in [3.63, 3.8) is 0 Å². The average molecular weight is 646 g/mol. The second-order valence-corrected chi connectivity index (χ2v) is 12.0. The maximum Gasteiger partial charge on any atom is 0.271 e. The van der Waals surface area contributed by atoms with Crippen LogP contribution in [0.2, 0.25) is 10.0 Å². The van der Waals surface area contributed by atoms with Gasteiger partial charge < -0.3 is 13.9 Å². The molecule has 1 aliphatic heterocycles. The molecule has 0 saturated heterocycles. The zero-order valence-electron chi connectivity index (χ0n) is 24.0. The van der Waals surface area contributed by atoms with Crippen LogP contribution in [0.3, 0.4) is 0 Å². The van der Waals surface area contributed by atoms with Gasteiger partial charge in [0.1, 0.15) is 24.2 Å². The second kappa shape index (κ2) is 12.3. The third-order valence-corrected chi connectivity index (χ3v) is 8.95. The zero-order chi connectivity index (χ0) is 31.0. The van der Waals surface area contributed by atoms with Crippen molar-refractivity contribution in [1.82, 2.24) is 4.57 Å². The van der Waals surface area contributed by atoms with E-state index in [0.29, 0.717) is 65.8 Å². The highest BCUT2D eigenvalue weighted by atomic mass is 35.5. The highest BCUT2D eigenvalue weighted by Crippen LogP contribution is 2.35. The van der Waals surface area contributed by atoms with Crippen molar-refractivity contribution in [2.75, 3.05) is 7.11 Å². The first kappa shape index (κ1) is 29.7. The second-order valence-electron chi connectivity index (χ2n) is 10.2. The smallest absolute Gasteiger partial charge is 0.271 e. The molecule has 0 fully saturated rings. The Hall–Kier alpha value is -4.37. The SMILES string of the molecule is COc1cc(/C=c2/sc3n(c2=O)[C@H](c2ccc(-c4ccc(Cl)c(Cl)c4)o2)C(C(C)=O)=C(C)N=3)ccc1OCc1ccccc1. The Morgan fingerprint density at radius 1 is 1.02 bits per heavy atom. The van der Waals surface area contributed by atoms with Gasteiger partial charge in [0.2, 0.25) is 0 Å². The van der Waals surface area contributed by atoms with Gasteiger partial charge in [0.15, 0.2) is 22.1 Å². The molecule has 6 rings (SSSR count). The van der Waals surface area contributed by atoms with Gasteiger partial charge >= 0.3 is 0 Å². The van der Waals surface area contributed by atoms with Crippen molar-refractivity contribution in [3.8, 4) is 22.8 Å². The molecule has 7 nitrogen and oxygen atoms in total. The van der Waals surface area contributed by atoms with E-state index in [9.17, 15) is 9.59 Å². The summed E-state index contributed by atoms with van der Waals surface area (Å²) >= 11 is 13.6. The number of rotatable bonds is 8. The Labute approximate surface area is 266 Å². The molecule has 0 amide bonds. The predicted octanol–water partition coefficient (Wildman–Crippen LogP) is 6.98. The summed E-state index contributed by atoms with van der Waals surface area (Å²) in [6.45, 7) is 3.63. The summed E-state index contributed by atoms with van der Waals surface area (Å²) in [5.74, 6) is 1.89. The molecule has 5 aromatic rings. The Balaban J connectivity index is 1.39. The summed E-state index contributed by atoms with van der Waals surface area (Å²) in [6.07, 6.45) is 1.78. The molecular formula is C34H26Cl2N2O5S. The van der Waals surface area contributed by atoms with E-state index < -0.39 is 6.04 Å². The monoisotopic (exact) mass is 644 g/mol. The van der Waals surface area contributed by atoms with Crippen LogP contribution in [-0.2, 0) is 11.4 Å². The lowest BCUT2D eigenvalue weighted by Gasteiger charge is -2.22. The minimum atomic E-state index is -0.786. The average Bonchev–Trinajstić information content (AvgIpc) is 3.62. The topological polar surface area (TPSA) is 83.0 Å². The van der Waals surface area contributed by atoms with Gasteiger partial charge in [-0.1, -0.05) is 70.9 Å². The normalized spacial score (nSPS) is 14.8. The van der Waals surface area contributed by atoms with Gasteiger partial charge in [-0.15, -0.1) is 0 Å². The summed E-state index contributed by atoms with van der Waals surface area (Å²) in [5, 5.41) is 0.821. The van der Waals surface area contributed by atoms with Crippen LogP contribution in [0.15, 0.2) is 104 Å². The van der Waals surface area contributed by atoms with E-state index in [-0.39, 0.29) is 11.3 Å². The number of furan rings is 1. The van der Waals surface area contributed by atoms with E-state index in [1.807, 2.05) is 48.5 Å². The van der Waals surface area contributed by atoms with Gasteiger partial charge in [-0.25, -0.2) is 4.99 Å². The number of allylic oxidation sites excluding steroid dienone is 2. The number of nitrogens with zero attached hydrogens (tertiary/aromatic N) is 2. The number of hydrogen-bond donors (Lipinski definition) is 0. The Morgan fingerprint density at radius 2 is 1.82 bits per heavy atom. The molecule has 0 bridgehead atoms. The fourth-order valence-electron chi connectivity index (χ4n) is 5.12. The van der Waals surface area contributed by atoms with Gasteiger partial charge in [-0.2, -0.15) is 0 Å². The van der Waals surface area contributed by atoms with E-state index in [1.54, 1.807) is 50.4 Å². The summed E-state index contributed by atoms with van der Waals surface area (Å²) in [4.78, 5) is 31.9. The van der Waals surface area contributed by atoms with E-state index in [0.717, 1.165) is 11.1 Å². The Kier molecular flexibility index (Phi) is 8.31. The highest BCUT2D eigenvalue weighted by molar-refractivity contribution is 7.07. The number of benzene rings is 3. The van der Waals surface area contributed by atoms with E-state index in [4.69, 9.17) is 37.1 Å². The lowest BCUT2D eigenvalue weighted by Crippen LogP contribution is -2.39. The molecule has 0 saturated carbocycles. The van der Waals surface area contributed by atoms with Crippen LogP contribution in [0.25, 0.3) is 17.4 Å². The molecule has 2 aromatic heterocycles. The highest BCUT2D eigenvalue weighted by Gasteiger charge is 2.33. The molecule has 0 spiro atoms. The number of methoxy groups -OCH3 is 1. The number of carbonyl (C=O) groups is 1. The molecule has 0 N–H and O–H groups in total. The van der Waals surface area contributed by atoms with Crippen molar-refractivity contribution in [2.45, 2.75) is 26.5 Å². The summed E-state index contributed by atoms with van der Waals surface area (Å²) in [6, 6.07) is 23.3. The van der Waals surface area contributed by atoms with E-state index >= 15 is 0 Å². The Morgan fingerprint density at radius 3 is 2.55 bits per heavy atom. The lowest BCUT2D eigenvalue weighted by molar-refractivity contribution is -0.114. The minimum Gasteiger partial charge on any atom is -0.493 e. The first-order chi connectivity index (χ1) is 21.2. The van der Waals surface area contributed by atoms with E-state index in [2.05, 4.69) is 4.99 Å². The van der Waals surface area contributed by atoms with Crippen LogP contribution in [0.4, 0.5) is 0 Å². The molecular weight excluding hydrogens is 619 g/mol. The number of hydrogen-bond acceptors (Lipinski definition) is 7. The molecule has 222 valence electrons. The summed E-state index contributed by atoms with van der Waals surface area (Å²) < 4.78 is 19.8. The quantitative estimate of drug-likeness (QED) is 0.182. The summed E-state index contributed by atoms with van der Waals surface area (Å²) in [5.41, 5.74) is 3.13. The van der Waals surface area contributed by atoms with Gasteiger partial charge in [0, 0.05) is 16.8 Å². The molecule has 0 radical (unpaired) electrons. The largest absolute Gasteiger partial charge is 0.493 e. The number of thiazole rings is 1. The fourth-order valence-corrected chi connectivity index (χ4v) is 6.47. The first-order valence-electron chi connectivity index (χ1n) is 13.7. The molecule has 3 heterocycles. The number of carbonyl (C=O) groups excluding carboxylic acids is 1. The molecule has 10 heteroatoms. The predicted molar refractivity (Wildman–Crippen MR) is 172 cm³/mol. The maximum atomic E-state index is 13.9. The van der Waals surface area contributed by atoms with Gasteiger partial charge in [-0.3, -0.25) is 14.2 Å².